The molecule has 5 rings (SSSR count). The van der Waals surface area contributed by atoms with Crippen molar-refractivity contribution in [3.05, 3.63) is 70.2 Å². The highest BCUT2D eigenvalue weighted by atomic mass is 35.5. The van der Waals surface area contributed by atoms with E-state index in [-0.39, 0.29) is 30.3 Å². The van der Waals surface area contributed by atoms with Gasteiger partial charge in [-0.15, -0.1) is 0 Å². The molecule has 9 nitrogen and oxygen atoms in total. The Morgan fingerprint density at radius 2 is 1.72 bits per heavy atom. The Balaban J connectivity index is 1.25. The van der Waals surface area contributed by atoms with Crippen molar-refractivity contribution in [1.29, 1.82) is 0 Å². The molecule has 1 aliphatic carbocycles. The predicted octanol–water partition coefficient (Wildman–Crippen LogP) is 4.37. The number of carbonyl (C=O) groups is 2. The predicted molar refractivity (Wildman–Crippen MR) is 183 cm³/mol. The number of hydrogen-bond acceptors (Lipinski definition) is 6. The lowest BCUT2D eigenvalue weighted by Gasteiger charge is -2.42. The normalized spacial score (nSPS) is 20.8. The molecule has 2 fully saturated rings. The van der Waals surface area contributed by atoms with Crippen LogP contribution in [0.15, 0.2) is 48.5 Å². The Kier molecular flexibility index (Phi) is 12.2. The number of nitrogens with one attached hydrogen (secondary N) is 2. The fourth-order valence-corrected chi connectivity index (χ4v) is 8.50. The molecule has 0 bridgehead atoms. The van der Waals surface area contributed by atoms with E-state index in [2.05, 4.69) is 27.7 Å². The summed E-state index contributed by atoms with van der Waals surface area (Å²) in [6.45, 7) is 5.98. The minimum absolute atomic E-state index is 0.0817. The Bertz CT molecular complexity index is 1420. The molecule has 2 heterocycles. The second-order valence-electron chi connectivity index (χ2n) is 13.3. The number of sulfonamides is 1. The van der Waals surface area contributed by atoms with Crippen molar-refractivity contribution in [1.82, 2.24) is 24.7 Å². The van der Waals surface area contributed by atoms with E-state index >= 15 is 0 Å². The van der Waals surface area contributed by atoms with Crippen LogP contribution in [0.4, 0.5) is 0 Å². The highest BCUT2D eigenvalue weighted by Gasteiger charge is 2.34. The molecular formula is C35H50ClN5O4S. The molecule has 3 atom stereocenters. The van der Waals surface area contributed by atoms with Crippen LogP contribution in [-0.2, 0) is 32.6 Å². The molecule has 0 aromatic heterocycles. The fourth-order valence-electron chi connectivity index (χ4n) is 7.46. The van der Waals surface area contributed by atoms with E-state index in [4.69, 9.17) is 11.6 Å². The van der Waals surface area contributed by atoms with Crippen LogP contribution in [-0.4, -0.2) is 91.9 Å². The number of carbonyl (C=O) groups excluding carboxylic acids is 2. The second kappa shape index (κ2) is 16.1. The van der Waals surface area contributed by atoms with Crippen molar-refractivity contribution >= 4 is 33.4 Å². The number of rotatable bonds is 13. The van der Waals surface area contributed by atoms with E-state index in [0.717, 1.165) is 24.1 Å². The van der Waals surface area contributed by atoms with Crippen LogP contribution in [0.2, 0.25) is 5.02 Å². The van der Waals surface area contributed by atoms with Crippen LogP contribution in [0.5, 0.6) is 0 Å². The fraction of sp³-hybridized carbons (Fsp3) is 0.600. The summed E-state index contributed by atoms with van der Waals surface area (Å²) in [7, 11) is -3.31. The molecule has 2 amide bonds. The lowest BCUT2D eigenvalue weighted by molar-refractivity contribution is -0.138. The van der Waals surface area contributed by atoms with E-state index in [0.29, 0.717) is 56.6 Å². The van der Waals surface area contributed by atoms with Crippen molar-refractivity contribution in [3.8, 4) is 0 Å². The topological polar surface area (TPSA) is 102 Å². The lowest BCUT2D eigenvalue weighted by Crippen LogP contribution is -2.58. The number of benzene rings is 2. The minimum Gasteiger partial charge on any atom is -0.344 e. The van der Waals surface area contributed by atoms with Gasteiger partial charge < -0.3 is 15.5 Å². The number of hydrogen-bond donors (Lipinski definition) is 2. The van der Waals surface area contributed by atoms with Gasteiger partial charge in [-0.2, -0.15) is 0 Å². The number of halogens is 1. The Hall–Kier alpha value is -2.50. The van der Waals surface area contributed by atoms with Gasteiger partial charge in [-0.3, -0.25) is 14.5 Å². The molecule has 3 aliphatic rings. The Labute approximate surface area is 280 Å². The van der Waals surface area contributed by atoms with Gasteiger partial charge in [-0.25, -0.2) is 12.7 Å². The molecule has 2 aliphatic heterocycles. The first-order valence-electron chi connectivity index (χ1n) is 16.9. The zero-order valence-electron chi connectivity index (χ0n) is 27.3. The second-order valence-corrected chi connectivity index (χ2v) is 15.7. The molecular weight excluding hydrogens is 622 g/mol. The first-order valence-corrected chi connectivity index (χ1v) is 19.2. The van der Waals surface area contributed by atoms with Gasteiger partial charge in [-0.1, -0.05) is 87.0 Å². The summed E-state index contributed by atoms with van der Waals surface area (Å²) < 4.78 is 26.6. The van der Waals surface area contributed by atoms with E-state index in [1.54, 1.807) is 16.4 Å². The molecule has 0 spiro atoms. The molecule has 2 N–H and O–H groups in total. The summed E-state index contributed by atoms with van der Waals surface area (Å²) in [4.78, 5) is 31.7. The van der Waals surface area contributed by atoms with Crippen molar-refractivity contribution in [3.63, 3.8) is 0 Å². The van der Waals surface area contributed by atoms with Crippen LogP contribution in [0.25, 0.3) is 0 Å². The third-order valence-electron chi connectivity index (χ3n) is 10.1. The van der Waals surface area contributed by atoms with Crippen LogP contribution in [0, 0.1) is 5.92 Å². The largest absolute Gasteiger partial charge is 0.344 e. The highest BCUT2D eigenvalue weighted by molar-refractivity contribution is 7.88. The lowest BCUT2D eigenvalue weighted by atomic mass is 9.84. The van der Waals surface area contributed by atoms with Gasteiger partial charge in [0.15, 0.2) is 0 Å². The van der Waals surface area contributed by atoms with Crippen molar-refractivity contribution in [2.24, 2.45) is 5.92 Å². The summed E-state index contributed by atoms with van der Waals surface area (Å²) >= 11 is 6.13. The first kappa shape index (κ1) is 34.8. The molecule has 2 aromatic carbocycles. The summed E-state index contributed by atoms with van der Waals surface area (Å²) in [6.07, 6.45) is 9.08. The number of piperazine rings is 1. The quantitative estimate of drug-likeness (QED) is 0.328. The summed E-state index contributed by atoms with van der Waals surface area (Å²) in [5.74, 6) is 0.364. The highest BCUT2D eigenvalue weighted by Crippen LogP contribution is 2.30. The van der Waals surface area contributed by atoms with E-state index in [1.165, 1.54) is 43.9 Å². The smallest absolute Gasteiger partial charge is 0.245 e. The number of nitrogens with zero attached hydrogens (tertiary/aromatic N) is 3. The maximum Gasteiger partial charge on any atom is 0.245 e. The molecule has 1 saturated carbocycles. The summed E-state index contributed by atoms with van der Waals surface area (Å²) in [5.41, 5.74) is 3.26. The Morgan fingerprint density at radius 1 is 1.02 bits per heavy atom. The van der Waals surface area contributed by atoms with Crippen LogP contribution < -0.4 is 10.6 Å². The van der Waals surface area contributed by atoms with Crippen molar-refractivity contribution in [2.75, 3.05) is 45.5 Å². The number of fused-ring (bicyclic) bond motifs is 1. The molecule has 11 heteroatoms. The minimum atomic E-state index is -3.31. The van der Waals surface area contributed by atoms with Crippen LogP contribution in [0.3, 0.4) is 0 Å². The maximum atomic E-state index is 14.1. The maximum absolute atomic E-state index is 14.1. The SMILES string of the molecule is CCN(CC(CC1CCCCC1)N1CCN(C(=O)[C@@H](Cc2ccc(Cl)cc2)NC(=O)CC2NCc3ccccc32)CC1)S(C)(=O)=O. The molecule has 46 heavy (non-hydrogen) atoms. The average molecular weight is 672 g/mol. The van der Waals surface area contributed by atoms with E-state index < -0.39 is 16.1 Å². The van der Waals surface area contributed by atoms with E-state index in [9.17, 15) is 18.0 Å². The summed E-state index contributed by atoms with van der Waals surface area (Å²) in [6, 6.07) is 14.9. The summed E-state index contributed by atoms with van der Waals surface area (Å²) in [5, 5.41) is 7.14. The van der Waals surface area contributed by atoms with Crippen molar-refractivity contribution in [2.45, 2.75) is 83.0 Å². The molecule has 252 valence electrons. The van der Waals surface area contributed by atoms with Crippen LogP contribution in [0.1, 0.15) is 74.6 Å². The molecule has 1 saturated heterocycles. The van der Waals surface area contributed by atoms with Gasteiger partial charge in [0.1, 0.15) is 6.04 Å². The van der Waals surface area contributed by atoms with E-state index in [1.807, 2.05) is 36.1 Å². The van der Waals surface area contributed by atoms with Crippen LogP contribution >= 0.6 is 11.6 Å². The zero-order chi connectivity index (χ0) is 32.7. The number of amides is 2. The third-order valence-corrected chi connectivity index (χ3v) is 11.7. The van der Waals surface area contributed by atoms with Gasteiger partial charge in [0, 0.05) is 75.8 Å². The Morgan fingerprint density at radius 3 is 2.39 bits per heavy atom. The van der Waals surface area contributed by atoms with Gasteiger partial charge >= 0.3 is 0 Å². The van der Waals surface area contributed by atoms with Gasteiger partial charge in [0.05, 0.1) is 6.26 Å². The number of likely N-dealkylation sites (N-methyl/N-ethyl adjacent to an activating group) is 1. The third kappa shape index (κ3) is 9.31. The molecule has 0 radical (unpaired) electrons. The van der Waals surface area contributed by atoms with Gasteiger partial charge in [-0.05, 0) is 41.2 Å². The van der Waals surface area contributed by atoms with Gasteiger partial charge in [0.2, 0.25) is 21.8 Å². The zero-order valence-corrected chi connectivity index (χ0v) is 28.9. The average Bonchev–Trinajstić information content (AvgIpc) is 3.45. The first-order chi connectivity index (χ1) is 22.1. The monoisotopic (exact) mass is 671 g/mol. The molecule has 2 aromatic rings. The molecule has 2 unspecified atom stereocenters. The standard InChI is InChI=1S/C35H50ClN5O4S/c1-3-41(46(2,44)45)25-30(21-26-9-5-4-6-10-26)39-17-19-40(20-18-39)35(43)33(22-27-13-15-29(36)16-14-27)38-34(42)23-32-31-12-8-7-11-28(31)24-37-32/h7-8,11-16,26,30,32-33,37H,3-6,9-10,17-25H2,1-2H3,(H,38,42)/t30?,32?,33-/m1/s1. The van der Waals surface area contributed by atoms with Gasteiger partial charge in [0.25, 0.3) is 0 Å². The van der Waals surface area contributed by atoms with Crippen molar-refractivity contribution < 1.29 is 18.0 Å².